The van der Waals surface area contributed by atoms with Crippen LogP contribution in [-0.4, -0.2) is 27.2 Å². The van der Waals surface area contributed by atoms with Gasteiger partial charge in [0.05, 0.1) is 12.3 Å². The first kappa shape index (κ1) is 17.3. The first-order valence-corrected chi connectivity index (χ1v) is 8.41. The third-order valence-electron chi connectivity index (χ3n) is 4.02. The summed E-state index contributed by atoms with van der Waals surface area (Å²) < 4.78 is 7.82. The van der Waals surface area contributed by atoms with Crippen molar-refractivity contribution in [1.29, 1.82) is 0 Å². The van der Waals surface area contributed by atoms with E-state index in [1.54, 1.807) is 6.07 Å². The van der Waals surface area contributed by atoms with E-state index in [-0.39, 0.29) is 5.69 Å². The molecule has 2 aliphatic heterocycles. The van der Waals surface area contributed by atoms with Crippen LogP contribution < -0.4 is 4.74 Å². The van der Waals surface area contributed by atoms with Gasteiger partial charge in [-0.25, -0.2) is 9.78 Å². The summed E-state index contributed by atoms with van der Waals surface area (Å²) in [7, 11) is 0. The molecule has 1 N–H and O–H groups in total. The van der Waals surface area contributed by atoms with Crippen molar-refractivity contribution in [2.45, 2.75) is 26.8 Å². The van der Waals surface area contributed by atoms with Crippen LogP contribution in [0.5, 0.6) is 5.75 Å². The lowest BCUT2D eigenvalue weighted by molar-refractivity contribution is 0.0691. The lowest BCUT2D eigenvalue weighted by Gasteiger charge is -2.11. The lowest BCUT2D eigenvalue weighted by Crippen LogP contribution is -2.05. The van der Waals surface area contributed by atoms with Crippen molar-refractivity contribution >= 4 is 17.6 Å². The van der Waals surface area contributed by atoms with Crippen molar-refractivity contribution in [3.05, 3.63) is 58.5 Å². The summed E-state index contributed by atoms with van der Waals surface area (Å²) in [6.07, 6.45) is 4.64. The fraction of sp³-hybridized carbons (Fsp3) is 0.263. The number of hydrogen-bond donors (Lipinski definition) is 1. The quantitative estimate of drug-likeness (QED) is 0.662. The van der Waals surface area contributed by atoms with E-state index < -0.39 is 5.97 Å². The summed E-state index contributed by atoms with van der Waals surface area (Å²) in [6, 6.07) is 7.30. The summed E-state index contributed by atoms with van der Waals surface area (Å²) in [5.41, 5.74) is 3.61. The number of nitrogens with zero attached hydrogens (tertiary/aromatic N) is 2. The Bertz CT molecular complexity index is 865. The molecule has 3 rings (SSSR count). The number of carboxylic acids is 1. The average molecular weight is 359 g/mol. The van der Waals surface area contributed by atoms with Crippen molar-refractivity contribution in [3.8, 4) is 17.0 Å². The molecule has 0 saturated carbocycles. The van der Waals surface area contributed by atoms with E-state index in [0.29, 0.717) is 12.3 Å². The number of fused-ring (bicyclic) bond motifs is 1. The second-order valence-corrected chi connectivity index (χ2v) is 6.42. The van der Waals surface area contributed by atoms with Crippen LogP contribution in [0.1, 0.15) is 28.0 Å². The highest BCUT2D eigenvalue weighted by molar-refractivity contribution is 6.32. The number of aryl methyl sites for hydroxylation is 3. The molecular formula is C19H19ClN2O3. The molecule has 2 heterocycles. The Morgan fingerprint density at radius 2 is 2.00 bits per heavy atom. The summed E-state index contributed by atoms with van der Waals surface area (Å²) in [5, 5.41) is 9.78. The van der Waals surface area contributed by atoms with Crippen molar-refractivity contribution in [2.24, 2.45) is 0 Å². The molecule has 0 amide bonds. The lowest BCUT2D eigenvalue weighted by atomic mass is 10.1. The summed E-state index contributed by atoms with van der Waals surface area (Å²) in [6.45, 7) is 5.29. The Kier molecular flexibility index (Phi) is 4.95. The van der Waals surface area contributed by atoms with Gasteiger partial charge in [0.2, 0.25) is 0 Å². The van der Waals surface area contributed by atoms with Crippen LogP contribution in [-0.2, 0) is 6.54 Å². The van der Waals surface area contributed by atoms with Gasteiger partial charge >= 0.3 is 5.97 Å². The van der Waals surface area contributed by atoms with Crippen LogP contribution in [0.4, 0.5) is 0 Å². The highest BCUT2D eigenvalue weighted by Crippen LogP contribution is 2.26. The minimum atomic E-state index is -1.01. The van der Waals surface area contributed by atoms with Crippen molar-refractivity contribution in [3.63, 3.8) is 0 Å². The molecule has 0 aromatic heterocycles. The average Bonchev–Trinajstić information content (AvgIpc) is 3.00. The van der Waals surface area contributed by atoms with Crippen LogP contribution in [0.2, 0.25) is 5.02 Å². The molecule has 1 aromatic rings. The molecule has 0 unspecified atom stereocenters. The molecular weight excluding hydrogens is 340 g/mol. The third kappa shape index (κ3) is 3.94. The maximum Gasteiger partial charge on any atom is 0.354 e. The predicted octanol–water partition coefficient (Wildman–Crippen LogP) is 4.43. The van der Waals surface area contributed by atoms with Crippen LogP contribution in [0, 0.1) is 13.8 Å². The molecule has 25 heavy (non-hydrogen) atoms. The van der Waals surface area contributed by atoms with Gasteiger partial charge in [-0.2, -0.15) is 0 Å². The Morgan fingerprint density at radius 3 is 2.68 bits per heavy atom. The van der Waals surface area contributed by atoms with E-state index in [4.69, 9.17) is 21.4 Å². The van der Waals surface area contributed by atoms with Gasteiger partial charge in [-0.15, -0.1) is 0 Å². The van der Waals surface area contributed by atoms with E-state index >= 15 is 0 Å². The molecule has 0 saturated heterocycles. The largest absolute Gasteiger partial charge is 0.494 e. The van der Waals surface area contributed by atoms with E-state index in [1.165, 1.54) is 0 Å². The summed E-state index contributed by atoms with van der Waals surface area (Å²) in [5.74, 6) is -0.184. The molecule has 130 valence electrons. The first-order chi connectivity index (χ1) is 11.9. The maximum absolute atomic E-state index is 11.0. The SMILES string of the molecule is Cc1cc(OCCCn2ccc3nc(C(=O)O)cc-3c2)cc(C)c1Cl. The molecule has 6 heteroatoms. The number of pyridine rings is 1. The zero-order chi connectivity index (χ0) is 18.0. The highest BCUT2D eigenvalue weighted by Gasteiger charge is 2.13. The standard InChI is InChI=1S/C19H19ClN2O3/c1-12-8-15(9-13(2)18(12)20)25-7-3-5-22-6-4-16-14(11-22)10-17(21-16)19(23)24/h4,6,8-11H,3,5,7H2,1-2H3,(H,23,24). The fourth-order valence-electron chi connectivity index (χ4n) is 2.75. The minimum Gasteiger partial charge on any atom is -0.494 e. The second kappa shape index (κ2) is 7.15. The Hall–Kier alpha value is -2.53. The summed E-state index contributed by atoms with van der Waals surface area (Å²) in [4.78, 5) is 15.0. The Balaban J connectivity index is 1.58. The zero-order valence-corrected chi connectivity index (χ0v) is 14.9. The van der Waals surface area contributed by atoms with Gasteiger partial charge in [0, 0.05) is 29.5 Å². The maximum atomic E-state index is 11.0. The third-order valence-corrected chi connectivity index (χ3v) is 4.61. The molecule has 0 aliphatic carbocycles. The smallest absolute Gasteiger partial charge is 0.354 e. The molecule has 0 radical (unpaired) electrons. The predicted molar refractivity (Wildman–Crippen MR) is 96.8 cm³/mol. The van der Waals surface area contributed by atoms with E-state index in [9.17, 15) is 4.79 Å². The van der Waals surface area contributed by atoms with Crippen molar-refractivity contribution < 1.29 is 14.6 Å². The number of benzene rings is 1. The molecule has 2 aliphatic rings. The zero-order valence-electron chi connectivity index (χ0n) is 14.1. The number of rotatable bonds is 6. The van der Waals surface area contributed by atoms with E-state index in [2.05, 4.69) is 4.98 Å². The van der Waals surface area contributed by atoms with Crippen LogP contribution in [0.3, 0.4) is 0 Å². The van der Waals surface area contributed by atoms with Crippen LogP contribution in [0.25, 0.3) is 11.3 Å². The molecule has 0 spiro atoms. The molecule has 5 nitrogen and oxygen atoms in total. The van der Waals surface area contributed by atoms with Gasteiger partial charge in [-0.3, -0.25) is 0 Å². The van der Waals surface area contributed by atoms with E-state index in [1.807, 2.05) is 49.0 Å². The first-order valence-electron chi connectivity index (χ1n) is 8.03. The van der Waals surface area contributed by atoms with Gasteiger partial charge < -0.3 is 14.4 Å². The van der Waals surface area contributed by atoms with Crippen molar-refractivity contribution in [1.82, 2.24) is 9.55 Å². The van der Waals surface area contributed by atoms with Gasteiger partial charge in [-0.1, -0.05) is 11.6 Å². The number of aromatic nitrogens is 2. The number of halogens is 1. The summed E-state index contributed by atoms with van der Waals surface area (Å²) >= 11 is 6.16. The van der Waals surface area contributed by atoms with Gasteiger partial charge in [0.25, 0.3) is 0 Å². The number of aromatic carboxylic acids is 1. The molecule has 1 aromatic carbocycles. The van der Waals surface area contributed by atoms with Gasteiger partial charge in [0.1, 0.15) is 11.4 Å². The van der Waals surface area contributed by atoms with Gasteiger partial charge in [0.15, 0.2) is 0 Å². The van der Waals surface area contributed by atoms with Crippen LogP contribution >= 0.6 is 11.6 Å². The molecule has 0 fully saturated rings. The second-order valence-electron chi connectivity index (χ2n) is 6.04. The number of ether oxygens (including phenoxy) is 1. The molecule has 0 atom stereocenters. The number of carbonyl (C=O) groups is 1. The highest BCUT2D eigenvalue weighted by atomic mass is 35.5. The Morgan fingerprint density at radius 1 is 1.28 bits per heavy atom. The van der Waals surface area contributed by atoms with Gasteiger partial charge in [-0.05, 0) is 55.7 Å². The number of hydrogen-bond acceptors (Lipinski definition) is 3. The normalized spacial score (nSPS) is 11.0. The fourth-order valence-corrected chi connectivity index (χ4v) is 2.86. The van der Waals surface area contributed by atoms with E-state index in [0.717, 1.165) is 40.4 Å². The van der Waals surface area contributed by atoms with Crippen molar-refractivity contribution in [2.75, 3.05) is 6.61 Å². The minimum absolute atomic E-state index is 0.0737. The molecule has 0 bridgehead atoms. The van der Waals surface area contributed by atoms with Crippen LogP contribution in [0.15, 0.2) is 36.7 Å². The monoisotopic (exact) mass is 358 g/mol. The Labute approximate surface area is 151 Å². The number of carboxylic acid groups (broad SMARTS) is 1. The topological polar surface area (TPSA) is 64.4 Å².